The summed E-state index contributed by atoms with van der Waals surface area (Å²) >= 11 is 5.45. The molecule has 0 unspecified atom stereocenters. The zero-order valence-corrected chi connectivity index (χ0v) is 20.9. The van der Waals surface area contributed by atoms with Gasteiger partial charge < -0.3 is 16.0 Å². The standard InChI is InChI=1S/C27H27N5O2S/c1-17-13-18(2)15-22(14-17)29-27(35)28-21-10-8-9-20(16-21)25(33)30-24-19(3)31(4)32(26(24)34)23-11-6-5-7-12-23/h5-16H,1-4H3,(H,30,33)(H2,28,29,35). The second-order valence-corrected chi connectivity index (χ2v) is 8.84. The molecule has 1 heterocycles. The van der Waals surface area contributed by atoms with Crippen LogP contribution in [0.15, 0.2) is 77.6 Å². The van der Waals surface area contributed by atoms with Crippen LogP contribution in [0.25, 0.3) is 5.69 Å². The van der Waals surface area contributed by atoms with E-state index in [4.69, 9.17) is 12.2 Å². The van der Waals surface area contributed by atoms with Crippen LogP contribution in [0.2, 0.25) is 0 Å². The third kappa shape index (κ3) is 5.33. The summed E-state index contributed by atoms with van der Waals surface area (Å²) in [5.74, 6) is -0.382. The lowest BCUT2D eigenvalue weighted by atomic mass is 10.1. The van der Waals surface area contributed by atoms with Gasteiger partial charge in [-0.2, -0.15) is 0 Å². The second-order valence-electron chi connectivity index (χ2n) is 8.43. The highest BCUT2D eigenvalue weighted by Gasteiger charge is 2.19. The molecule has 0 aliphatic heterocycles. The van der Waals surface area contributed by atoms with Crippen LogP contribution in [0.3, 0.4) is 0 Å². The molecule has 4 aromatic rings. The normalized spacial score (nSPS) is 10.6. The lowest BCUT2D eigenvalue weighted by Gasteiger charge is -2.13. The minimum atomic E-state index is -0.382. The smallest absolute Gasteiger partial charge is 0.295 e. The van der Waals surface area contributed by atoms with Gasteiger partial charge in [0, 0.05) is 24.0 Å². The van der Waals surface area contributed by atoms with Gasteiger partial charge in [-0.05, 0) is 86.6 Å². The van der Waals surface area contributed by atoms with Crippen molar-refractivity contribution in [3.63, 3.8) is 0 Å². The van der Waals surface area contributed by atoms with Gasteiger partial charge in [0.1, 0.15) is 5.69 Å². The Kier molecular flexibility index (Phi) is 6.84. The molecule has 3 N–H and O–H groups in total. The Balaban J connectivity index is 1.51. The number of anilines is 3. The topological polar surface area (TPSA) is 80.1 Å². The lowest BCUT2D eigenvalue weighted by molar-refractivity contribution is 0.102. The van der Waals surface area contributed by atoms with E-state index in [1.54, 1.807) is 36.9 Å². The molecule has 1 amide bonds. The number of hydrogen-bond acceptors (Lipinski definition) is 3. The molecular weight excluding hydrogens is 458 g/mol. The molecule has 35 heavy (non-hydrogen) atoms. The van der Waals surface area contributed by atoms with Gasteiger partial charge in [0.15, 0.2) is 5.11 Å². The summed E-state index contributed by atoms with van der Waals surface area (Å²) in [7, 11) is 1.79. The number of aryl methyl sites for hydroxylation is 2. The van der Waals surface area contributed by atoms with Crippen LogP contribution in [-0.4, -0.2) is 20.4 Å². The van der Waals surface area contributed by atoms with Crippen molar-refractivity contribution in [1.82, 2.24) is 9.36 Å². The maximum Gasteiger partial charge on any atom is 0.295 e. The highest BCUT2D eigenvalue weighted by molar-refractivity contribution is 7.80. The molecule has 0 aliphatic rings. The number of nitrogens with one attached hydrogen (secondary N) is 3. The molecule has 0 bridgehead atoms. The van der Waals surface area contributed by atoms with Gasteiger partial charge >= 0.3 is 0 Å². The van der Waals surface area contributed by atoms with Crippen LogP contribution in [0, 0.1) is 20.8 Å². The van der Waals surface area contributed by atoms with E-state index in [0.717, 1.165) is 22.5 Å². The molecule has 178 valence electrons. The van der Waals surface area contributed by atoms with Crippen molar-refractivity contribution in [2.24, 2.45) is 7.05 Å². The van der Waals surface area contributed by atoms with Crippen molar-refractivity contribution in [3.05, 3.63) is 106 Å². The first-order valence-corrected chi connectivity index (χ1v) is 11.6. The van der Waals surface area contributed by atoms with E-state index in [2.05, 4.69) is 22.0 Å². The molecule has 0 spiro atoms. The first-order valence-electron chi connectivity index (χ1n) is 11.1. The number of benzene rings is 3. The highest BCUT2D eigenvalue weighted by Crippen LogP contribution is 2.18. The van der Waals surface area contributed by atoms with E-state index in [1.807, 2.05) is 62.4 Å². The minimum Gasteiger partial charge on any atom is -0.332 e. The molecule has 0 fully saturated rings. The summed E-state index contributed by atoms with van der Waals surface area (Å²) in [4.78, 5) is 26.1. The van der Waals surface area contributed by atoms with Crippen LogP contribution in [0.1, 0.15) is 27.2 Å². The van der Waals surface area contributed by atoms with Crippen molar-refractivity contribution in [2.45, 2.75) is 20.8 Å². The highest BCUT2D eigenvalue weighted by atomic mass is 32.1. The number of para-hydroxylation sites is 1. The van der Waals surface area contributed by atoms with Crippen molar-refractivity contribution >= 4 is 40.3 Å². The molecule has 1 aromatic heterocycles. The summed E-state index contributed by atoms with van der Waals surface area (Å²) in [5, 5.41) is 9.49. The third-order valence-electron chi connectivity index (χ3n) is 5.65. The molecule has 0 saturated carbocycles. The Hall–Kier alpha value is -4.17. The second kappa shape index (κ2) is 9.99. The molecule has 0 aliphatic carbocycles. The number of hydrogen-bond donors (Lipinski definition) is 3. The van der Waals surface area contributed by atoms with Crippen molar-refractivity contribution in [3.8, 4) is 5.69 Å². The first-order chi connectivity index (χ1) is 16.7. The predicted octanol–water partition coefficient (Wildman–Crippen LogP) is 5.16. The van der Waals surface area contributed by atoms with Gasteiger partial charge in [-0.15, -0.1) is 0 Å². The molecule has 7 nitrogen and oxygen atoms in total. The molecular formula is C27H27N5O2S. The van der Waals surface area contributed by atoms with Crippen molar-refractivity contribution < 1.29 is 4.79 Å². The molecule has 4 rings (SSSR count). The zero-order chi connectivity index (χ0) is 25.1. The lowest BCUT2D eigenvalue weighted by Crippen LogP contribution is -2.23. The molecule has 0 atom stereocenters. The van der Waals surface area contributed by atoms with Gasteiger partial charge in [-0.25, -0.2) is 4.68 Å². The van der Waals surface area contributed by atoms with Crippen LogP contribution >= 0.6 is 12.2 Å². The molecule has 3 aromatic carbocycles. The van der Waals surface area contributed by atoms with Crippen molar-refractivity contribution in [1.29, 1.82) is 0 Å². The van der Waals surface area contributed by atoms with E-state index in [9.17, 15) is 9.59 Å². The Bertz CT molecular complexity index is 1450. The maximum absolute atomic E-state index is 13.1. The monoisotopic (exact) mass is 485 g/mol. The zero-order valence-electron chi connectivity index (χ0n) is 20.0. The maximum atomic E-state index is 13.1. The molecule has 0 radical (unpaired) electrons. The summed E-state index contributed by atoms with van der Waals surface area (Å²) < 4.78 is 3.25. The first kappa shape index (κ1) is 24.0. The largest absolute Gasteiger partial charge is 0.332 e. The van der Waals surface area contributed by atoms with Gasteiger partial charge in [0.05, 0.1) is 11.4 Å². The van der Waals surface area contributed by atoms with Crippen LogP contribution in [0.5, 0.6) is 0 Å². The summed E-state index contributed by atoms with van der Waals surface area (Å²) in [6.07, 6.45) is 0. The fourth-order valence-electron chi connectivity index (χ4n) is 3.98. The van der Waals surface area contributed by atoms with E-state index in [1.165, 1.54) is 4.68 Å². The number of rotatable bonds is 5. The Morgan fingerprint density at radius 3 is 2.14 bits per heavy atom. The number of aromatic nitrogens is 2. The Labute approximate surface area is 209 Å². The molecule has 0 saturated heterocycles. The minimum absolute atomic E-state index is 0.242. The number of carbonyl (C=O) groups excluding carboxylic acids is 1. The van der Waals surface area contributed by atoms with Crippen molar-refractivity contribution in [2.75, 3.05) is 16.0 Å². The van der Waals surface area contributed by atoms with E-state index in [-0.39, 0.29) is 17.2 Å². The quantitative estimate of drug-likeness (QED) is 0.340. The van der Waals surface area contributed by atoms with Crippen LogP contribution < -0.4 is 21.5 Å². The van der Waals surface area contributed by atoms with E-state index < -0.39 is 0 Å². The summed E-state index contributed by atoms with van der Waals surface area (Å²) in [6.45, 7) is 5.85. The predicted molar refractivity (Wildman–Crippen MR) is 146 cm³/mol. The third-order valence-corrected chi connectivity index (χ3v) is 5.86. The molecule has 8 heteroatoms. The summed E-state index contributed by atoms with van der Waals surface area (Å²) in [6, 6.07) is 22.4. The fraction of sp³-hybridized carbons (Fsp3) is 0.148. The fourth-order valence-corrected chi connectivity index (χ4v) is 4.21. The SMILES string of the molecule is Cc1cc(C)cc(NC(=S)Nc2cccc(C(=O)Nc3c(C)n(C)n(-c4ccccc4)c3=O)c2)c1. The average molecular weight is 486 g/mol. The number of nitrogens with zero attached hydrogens (tertiary/aromatic N) is 2. The number of amides is 1. The van der Waals surface area contributed by atoms with E-state index >= 15 is 0 Å². The van der Waals surface area contributed by atoms with Gasteiger partial charge in [0.2, 0.25) is 0 Å². The van der Waals surface area contributed by atoms with Gasteiger partial charge in [0.25, 0.3) is 11.5 Å². The van der Waals surface area contributed by atoms with Gasteiger partial charge in [-0.3, -0.25) is 14.3 Å². The summed E-state index contributed by atoms with van der Waals surface area (Å²) in [5.41, 5.74) is 5.55. The van der Waals surface area contributed by atoms with Gasteiger partial charge in [-0.1, -0.05) is 30.3 Å². The number of thiocarbonyl (C=S) groups is 1. The average Bonchev–Trinajstić information content (AvgIpc) is 3.02. The van der Waals surface area contributed by atoms with E-state index in [0.29, 0.717) is 22.1 Å². The van der Waals surface area contributed by atoms with Crippen LogP contribution in [-0.2, 0) is 7.05 Å². The Morgan fingerprint density at radius 2 is 1.46 bits per heavy atom. The number of carbonyl (C=O) groups is 1. The van der Waals surface area contributed by atoms with Crippen LogP contribution in [0.4, 0.5) is 17.1 Å². The Morgan fingerprint density at radius 1 is 0.800 bits per heavy atom.